The van der Waals surface area contributed by atoms with E-state index >= 15 is 0 Å². The lowest BCUT2D eigenvalue weighted by Crippen LogP contribution is -2.24. The van der Waals surface area contributed by atoms with Crippen LogP contribution in [-0.4, -0.2) is 21.0 Å². The van der Waals surface area contributed by atoms with E-state index in [0.717, 1.165) is 12.8 Å². The van der Waals surface area contributed by atoms with Gasteiger partial charge in [0.2, 0.25) is 10.0 Å². The van der Waals surface area contributed by atoms with E-state index in [9.17, 15) is 12.8 Å². The highest BCUT2D eigenvalue weighted by molar-refractivity contribution is 7.89. The standard InChI is InChI=1S/C12H17FN2O2S/c1-2-15-18(16,17)11-5-6-12(13)9(7-11)8-14-10-3-4-10/h5-7,10,14-15H,2-4,8H2,1H3. The first-order valence-electron chi connectivity index (χ1n) is 6.04. The fraction of sp³-hybridized carbons (Fsp3) is 0.500. The third-order valence-electron chi connectivity index (χ3n) is 2.82. The summed E-state index contributed by atoms with van der Waals surface area (Å²) in [6, 6.07) is 4.34. The molecule has 1 aliphatic rings. The number of rotatable bonds is 6. The van der Waals surface area contributed by atoms with Crippen molar-refractivity contribution in [1.29, 1.82) is 0 Å². The molecule has 0 aliphatic heterocycles. The van der Waals surface area contributed by atoms with Crippen molar-refractivity contribution in [3.63, 3.8) is 0 Å². The molecular weight excluding hydrogens is 255 g/mol. The quantitative estimate of drug-likeness (QED) is 0.822. The van der Waals surface area contributed by atoms with Crippen LogP contribution in [0.3, 0.4) is 0 Å². The molecule has 100 valence electrons. The maximum Gasteiger partial charge on any atom is 0.240 e. The van der Waals surface area contributed by atoms with Crippen LogP contribution in [0.5, 0.6) is 0 Å². The molecule has 0 saturated heterocycles. The number of halogens is 1. The summed E-state index contributed by atoms with van der Waals surface area (Å²) in [5.41, 5.74) is 0.390. The van der Waals surface area contributed by atoms with Gasteiger partial charge in [-0.3, -0.25) is 0 Å². The largest absolute Gasteiger partial charge is 0.310 e. The Morgan fingerprint density at radius 1 is 1.39 bits per heavy atom. The van der Waals surface area contributed by atoms with Crippen LogP contribution in [0.2, 0.25) is 0 Å². The van der Waals surface area contributed by atoms with Gasteiger partial charge in [-0.25, -0.2) is 17.5 Å². The molecule has 0 radical (unpaired) electrons. The molecule has 4 nitrogen and oxygen atoms in total. The minimum Gasteiger partial charge on any atom is -0.310 e. The minimum absolute atomic E-state index is 0.110. The third-order valence-corrected chi connectivity index (χ3v) is 4.36. The Morgan fingerprint density at radius 3 is 2.72 bits per heavy atom. The fourth-order valence-electron chi connectivity index (χ4n) is 1.67. The van der Waals surface area contributed by atoms with Crippen LogP contribution < -0.4 is 10.0 Å². The van der Waals surface area contributed by atoms with Crippen LogP contribution in [0.1, 0.15) is 25.3 Å². The first kappa shape index (κ1) is 13.5. The molecule has 1 aliphatic carbocycles. The van der Waals surface area contributed by atoms with Crippen molar-refractivity contribution in [1.82, 2.24) is 10.0 Å². The molecule has 2 rings (SSSR count). The van der Waals surface area contributed by atoms with Crippen molar-refractivity contribution >= 4 is 10.0 Å². The van der Waals surface area contributed by atoms with Gasteiger partial charge in [0.15, 0.2) is 0 Å². The van der Waals surface area contributed by atoms with E-state index in [-0.39, 0.29) is 10.7 Å². The minimum atomic E-state index is -3.52. The van der Waals surface area contributed by atoms with E-state index in [1.165, 1.54) is 18.2 Å². The van der Waals surface area contributed by atoms with Gasteiger partial charge in [-0.1, -0.05) is 6.92 Å². The van der Waals surface area contributed by atoms with E-state index in [0.29, 0.717) is 24.7 Å². The van der Waals surface area contributed by atoms with Gasteiger partial charge in [-0.15, -0.1) is 0 Å². The lowest BCUT2D eigenvalue weighted by molar-refractivity contribution is 0.575. The highest BCUT2D eigenvalue weighted by Crippen LogP contribution is 2.21. The summed E-state index contributed by atoms with van der Waals surface area (Å²) in [7, 11) is -3.52. The molecule has 0 heterocycles. The fourth-order valence-corrected chi connectivity index (χ4v) is 2.76. The molecule has 0 amide bonds. The molecule has 1 aromatic rings. The Hall–Kier alpha value is -0.980. The van der Waals surface area contributed by atoms with Crippen molar-refractivity contribution in [3.8, 4) is 0 Å². The monoisotopic (exact) mass is 272 g/mol. The maximum absolute atomic E-state index is 13.6. The maximum atomic E-state index is 13.6. The Balaban J connectivity index is 2.19. The molecule has 2 N–H and O–H groups in total. The molecule has 1 saturated carbocycles. The summed E-state index contributed by atoms with van der Waals surface area (Å²) in [5.74, 6) is -0.376. The lowest BCUT2D eigenvalue weighted by atomic mass is 10.2. The van der Waals surface area contributed by atoms with Crippen LogP contribution in [0, 0.1) is 5.82 Å². The number of hydrogen-bond donors (Lipinski definition) is 2. The molecule has 1 fully saturated rings. The Bertz CT molecular complexity index is 527. The Labute approximate surface area is 107 Å². The second kappa shape index (κ2) is 5.34. The normalized spacial score (nSPS) is 15.9. The second-order valence-electron chi connectivity index (χ2n) is 4.41. The van der Waals surface area contributed by atoms with Crippen molar-refractivity contribution in [2.24, 2.45) is 0 Å². The Kier molecular flexibility index (Phi) is 3.99. The SMILES string of the molecule is CCNS(=O)(=O)c1ccc(F)c(CNC2CC2)c1. The van der Waals surface area contributed by atoms with Crippen LogP contribution in [0.15, 0.2) is 23.1 Å². The zero-order chi connectivity index (χ0) is 13.2. The topological polar surface area (TPSA) is 58.2 Å². The van der Waals surface area contributed by atoms with E-state index in [1.54, 1.807) is 6.92 Å². The molecule has 0 aromatic heterocycles. The molecule has 0 atom stereocenters. The average Bonchev–Trinajstić information content (AvgIpc) is 3.11. The molecule has 1 aromatic carbocycles. The number of hydrogen-bond acceptors (Lipinski definition) is 3. The van der Waals surface area contributed by atoms with E-state index < -0.39 is 10.0 Å². The smallest absolute Gasteiger partial charge is 0.240 e. The molecule has 0 unspecified atom stereocenters. The van der Waals surface area contributed by atoms with Gasteiger partial charge in [0, 0.05) is 24.7 Å². The summed E-state index contributed by atoms with van der Waals surface area (Å²) in [6.45, 7) is 2.39. The highest BCUT2D eigenvalue weighted by Gasteiger charge is 2.21. The second-order valence-corrected chi connectivity index (χ2v) is 6.18. The van der Waals surface area contributed by atoms with Crippen LogP contribution in [-0.2, 0) is 16.6 Å². The molecule has 0 bridgehead atoms. The van der Waals surface area contributed by atoms with Gasteiger partial charge >= 0.3 is 0 Å². The molecule has 0 spiro atoms. The summed E-state index contributed by atoms with van der Waals surface area (Å²) in [6.07, 6.45) is 2.22. The van der Waals surface area contributed by atoms with Crippen LogP contribution >= 0.6 is 0 Å². The van der Waals surface area contributed by atoms with Crippen molar-refractivity contribution < 1.29 is 12.8 Å². The zero-order valence-corrected chi connectivity index (χ0v) is 11.1. The van der Waals surface area contributed by atoms with Crippen molar-refractivity contribution in [3.05, 3.63) is 29.6 Å². The predicted molar refractivity (Wildman–Crippen MR) is 67.1 cm³/mol. The van der Waals surface area contributed by atoms with E-state index in [2.05, 4.69) is 10.0 Å². The number of benzene rings is 1. The number of nitrogens with one attached hydrogen (secondary N) is 2. The lowest BCUT2D eigenvalue weighted by Gasteiger charge is -2.09. The van der Waals surface area contributed by atoms with E-state index in [4.69, 9.17) is 0 Å². The van der Waals surface area contributed by atoms with Gasteiger partial charge in [-0.2, -0.15) is 0 Å². The van der Waals surface area contributed by atoms with Crippen molar-refractivity contribution in [2.75, 3.05) is 6.54 Å². The van der Waals surface area contributed by atoms with Gasteiger partial charge in [0.25, 0.3) is 0 Å². The summed E-state index contributed by atoms with van der Waals surface area (Å²) in [4.78, 5) is 0.110. The first-order valence-corrected chi connectivity index (χ1v) is 7.52. The van der Waals surface area contributed by atoms with Gasteiger partial charge < -0.3 is 5.32 Å². The van der Waals surface area contributed by atoms with E-state index in [1.807, 2.05) is 0 Å². The third kappa shape index (κ3) is 3.28. The predicted octanol–water partition coefficient (Wildman–Crippen LogP) is 1.38. The average molecular weight is 272 g/mol. The summed E-state index contributed by atoms with van der Waals surface area (Å²) >= 11 is 0. The summed E-state index contributed by atoms with van der Waals surface area (Å²) < 4.78 is 39.5. The van der Waals surface area contributed by atoms with Crippen LogP contribution in [0.25, 0.3) is 0 Å². The Morgan fingerprint density at radius 2 is 2.11 bits per heavy atom. The number of sulfonamides is 1. The van der Waals surface area contributed by atoms with Crippen molar-refractivity contribution in [2.45, 2.75) is 37.2 Å². The molecule has 6 heteroatoms. The zero-order valence-electron chi connectivity index (χ0n) is 10.2. The first-order chi connectivity index (χ1) is 8.53. The summed E-state index contributed by atoms with van der Waals surface area (Å²) in [5, 5.41) is 3.17. The molecule has 18 heavy (non-hydrogen) atoms. The van der Waals surface area contributed by atoms with Crippen LogP contribution in [0.4, 0.5) is 4.39 Å². The highest BCUT2D eigenvalue weighted by atomic mass is 32.2. The van der Waals surface area contributed by atoms with Gasteiger partial charge in [0.05, 0.1) is 4.90 Å². The van der Waals surface area contributed by atoms with Gasteiger partial charge in [-0.05, 0) is 31.0 Å². The van der Waals surface area contributed by atoms with Gasteiger partial charge in [0.1, 0.15) is 5.82 Å². The molecular formula is C12H17FN2O2S.